The second-order valence-corrected chi connectivity index (χ2v) is 11.1. The summed E-state index contributed by atoms with van der Waals surface area (Å²) < 4.78 is 34.2. The van der Waals surface area contributed by atoms with Crippen LogP contribution in [0.25, 0.3) is 22.2 Å². The SMILES string of the molecule is CCO[C@@H](CNC)Cn1c(C)nc2cc(F)cc(-c3ccnc(OC4C[C@@H](C(=O)O)N(C(=O)OC(C)(C)C)C4)c3)c21. The molecule has 12 heteroatoms. The van der Waals surface area contributed by atoms with E-state index in [1.54, 1.807) is 39.1 Å². The number of nitrogens with one attached hydrogen (secondary N) is 1. The average Bonchev–Trinajstić information content (AvgIpc) is 3.44. The lowest BCUT2D eigenvalue weighted by atomic mass is 10.0. The van der Waals surface area contributed by atoms with Crippen LogP contribution < -0.4 is 10.1 Å². The number of hydrogen-bond acceptors (Lipinski definition) is 8. The third kappa shape index (κ3) is 7.12. The minimum absolute atomic E-state index is 0.0260. The van der Waals surface area contributed by atoms with Gasteiger partial charge in [0.15, 0.2) is 0 Å². The van der Waals surface area contributed by atoms with Crippen molar-refractivity contribution in [3.05, 3.63) is 42.1 Å². The maximum Gasteiger partial charge on any atom is 0.411 e. The van der Waals surface area contributed by atoms with Crippen LogP contribution in [0.15, 0.2) is 30.5 Å². The molecule has 41 heavy (non-hydrogen) atoms. The number of fused-ring (bicyclic) bond motifs is 1. The van der Waals surface area contributed by atoms with E-state index in [0.717, 1.165) is 11.3 Å². The lowest BCUT2D eigenvalue weighted by Crippen LogP contribution is -2.43. The average molecular weight is 572 g/mol. The monoisotopic (exact) mass is 571 g/mol. The van der Waals surface area contributed by atoms with Crippen molar-refractivity contribution < 1.29 is 33.3 Å². The molecule has 1 unspecified atom stereocenters. The Balaban J connectivity index is 1.64. The second kappa shape index (κ2) is 12.4. The molecule has 3 aromatic rings. The molecule has 2 aromatic heterocycles. The van der Waals surface area contributed by atoms with Crippen molar-refractivity contribution in [1.29, 1.82) is 0 Å². The fourth-order valence-corrected chi connectivity index (χ4v) is 5.09. The summed E-state index contributed by atoms with van der Waals surface area (Å²) in [5.41, 5.74) is 1.76. The van der Waals surface area contributed by atoms with E-state index < -0.39 is 35.6 Å². The molecule has 0 bridgehead atoms. The molecule has 0 aliphatic carbocycles. The van der Waals surface area contributed by atoms with Crippen LogP contribution in [0.2, 0.25) is 0 Å². The first kappa shape index (κ1) is 30.2. The Bertz CT molecular complexity index is 1400. The van der Waals surface area contributed by atoms with Gasteiger partial charge in [-0.25, -0.2) is 23.9 Å². The molecule has 1 aliphatic heterocycles. The number of benzene rings is 1. The van der Waals surface area contributed by atoms with Crippen molar-refractivity contribution in [2.24, 2.45) is 0 Å². The van der Waals surface area contributed by atoms with Crippen LogP contribution in [0.4, 0.5) is 9.18 Å². The predicted octanol–water partition coefficient (Wildman–Crippen LogP) is 4.01. The molecular formula is C29H38FN5O6. The van der Waals surface area contributed by atoms with Crippen molar-refractivity contribution in [2.75, 3.05) is 26.7 Å². The summed E-state index contributed by atoms with van der Waals surface area (Å²) in [7, 11) is 1.86. The van der Waals surface area contributed by atoms with E-state index >= 15 is 0 Å². The van der Waals surface area contributed by atoms with Gasteiger partial charge >= 0.3 is 12.1 Å². The first-order chi connectivity index (χ1) is 19.4. The van der Waals surface area contributed by atoms with E-state index in [-0.39, 0.29) is 24.9 Å². The molecule has 11 nitrogen and oxygen atoms in total. The van der Waals surface area contributed by atoms with Crippen molar-refractivity contribution in [3.63, 3.8) is 0 Å². The first-order valence-electron chi connectivity index (χ1n) is 13.7. The molecule has 2 N–H and O–H groups in total. The minimum Gasteiger partial charge on any atom is -0.480 e. The number of pyridine rings is 1. The zero-order valence-electron chi connectivity index (χ0n) is 24.3. The molecule has 4 rings (SSSR count). The van der Waals surface area contributed by atoms with Gasteiger partial charge < -0.3 is 29.2 Å². The number of carboxylic acids is 1. The van der Waals surface area contributed by atoms with Gasteiger partial charge in [0.05, 0.1) is 30.2 Å². The van der Waals surface area contributed by atoms with Crippen LogP contribution in [0.3, 0.4) is 0 Å². The Hall–Kier alpha value is -3.77. The second-order valence-electron chi connectivity index (χ2n) is 11.1. The van der Waals surface area contributed by atoms with Gasteiger partial charge in [0.2, 0.25) is 5.88 Å². The number of aliphatic carboxylic acids is 1. The molecule has 0 saturated carbocycles. The van der Waals surface area contributed by atoms with Crippen molar-refractivity contribution in [1.82, 2.24) is 24.8 Å². The Morgan fingerprint density at radius 3 is 2.68 bits per heavy atom. The van der Waals surface area contributed by atoms with E-state index in [1.165, 1.54) is 17.0 Å². The smallest absolute Gasteiger partial charge is 0.411 e. The van der Waals surface area contributed by atoms with Crippen LogP contribution in [0.1, 0.15) is 39.9 Å². The number of likely N-dealkylation sites (tertiary alicyclic amines) is 1. The molecule has 1 fully saturated rings. The summed E-state index contributed by atoms with van der Waals surface area (Å²) in [6.45, 7) is 10.7. The van der Waals surface area contributed by atoms with Crippen LogP contribution in [-0.2, 0) is 20.8 Å². The number of nitrogens with zero attached hydrogens (tertiary/aromatic N) is 4. The van der Waals surface area contributed by atoms with Crippen LogP contribution in [-0.4, -0.2) is 87.2 Å². The number of hydrogen-bond donors (Lipinski definition) is 2. The van der Waals surface area contributed by atoms with E-state index in [2.05, 4.69) is 15.3 Å². The maximum absolute atomic E-state index is 14.8. The Labute approximate surface area is 238 Å². The molecule has 0 spiro atoms. The van der Waals surface area contributed by atoms with Gasteiger partial charge in [-0.2, -0.15) is 0 Å². The lowest BCUT2D eigenvalue weighted by molar-refractivity contribution is -0.142. The van der Waals surface area contributed by atoms with Gasteiger partial charge in [-0.05, 0) is 59.4 Å². The van der Waals surface area contributed by atoms with Crippen LogP contribution in [0, 0.1) is 12.7 Å². The maximum atomic E-state index is 14.8. The van der Waals surface area contributed by atoms with Gasteiger partial charge in [-0.3, -0.25) is 4.90 Å². The zero-order valence-corrected chi connectivity index (χ0v) is 24.3. The number of halogens is 1. The molecule has 3 heterocycles. The standard InChI is InChI=1S/C29H38FN5O6/c1-7-39-21(14-31-6)16-34-17(2)33-23-12-19(30)11-22(26(23)34)18-8-9-32-25(10-18)40-20-13-24(27(36)37)35(15-20)28(38)41-29(3,4)5/h8-12,20-21,24,31H,7,13-16H2,1-6H3,(H,36,37)/t20?,21-,24-/m0/s1. The lowest BCUT2D eigenvalue weighted by Gasteiger charge is -2.26. The third-order valence-corrected chi connectivity index (χ3v) is 6.73. The van der Waals surface area contributed by atoms with Crippen LogP contribution in [0.5, 0.6) is 5.88 Å². The summed E-state index contributed by atoms with van der Waals surface area (Å²) in [4.78, 5) is 34.6. The number of carboxylic acid groups (broad SMARTS) is 1. The Kier molecular flexibility index (Phi) is 9.13. The Morgan fingerprint density at radius 1 is 1.27 bits per heavy atom. The quantitative estimate of drug-likeness (QED) is 0.371. The fourth-order valence-electron chi connectivity index (χ4n) is 5.09. The molecule has 0 radical (unpaired) electrons. The minimum atomic E-state index is -1.14. The fraction of sp³-hybridized carbons (Fsp3) is 0.517. The van der Waals surface area contributed by atoms with Gasteiger partial charge in [0, 0.05) is 43.5 Å². The molecule has 222 valence electrons. The molecule has 1 aromatic carbocycles. The molecule has 1 aliphatic rings. The highest BCUT2D eigenvalue weighted by Gasteiger charge is 2.42. The number of amides is 1. The Morgan fingerprint density at radius 2 is 2.02 bits per heavy atom. The first-order valence-corrected chi connectivity index (χ1v) is 13.7. The van der Waals surface area contributed by atoms with E-state index in [9.17, 15) is 19.1 Å². The normalized spacial score (nSPS) is 18.1. The molecule has 1 amide bonds. The summed E-state index contributed by atoms with van der Waals surface area (Å²) >= 11 is 0. The topological polar surface area (TPSA) is 128 Å². The number of carbonyl (C=O) groups is 2. The summed E-state index contributed by atoms with van der Waals surface area (Å²) in [6.07, 6.45) is 0.162. The predicted molar refractivity (Wildman–Crippen MR) is 150 cm³/mol. The van der Waals surface area contributed by atoms with Crippen molar-refractivity contribution in [3.8, 4) is 17.0 Å². The zero-order chi connectivity index (χ0) is 29.9. The highest BCUT2D eigenvalue weighted by Crippen LogP contribution is 2.33. The number of carbonyl (C=O) groups excluding carboxylic acids is 1. The van der Waals surface area contributed by atoms with E-state index in [0.29, 0.717) is 36.3 Å². The molecular weight excluding hydrogens is 533 g/mol. The summed E-state index contributed by atoms with van der Waals surface area (Å²) in [5, 5.41) is 12.9. The third-order valence-electron chi connectivity index (χ3n) is 6.73. The highest BCUT2D eigenvalue weighted by atomic mass is 19.1. The number of rotatable bonds is 10. The van der Waals surface area contributed by atoms with Gasteiger partial charge in [-0.1, -0.05) is 0 Å². The molecule has 3 atom stereocenters. The summed E-state index contributed by atoms with van der Waals surface area (Å²) in [5.74, 6) is -0.615. The number of ether oxygens (including phenoxy) is 3. The number of aryl methyl sites for hydroxylation is 1. The van der Waals surface area contributed by atoms with Crippen molar-refractivity contribution >= 4 is 23.1 Å². The number of imidazole rings is 1. The van der Waals surface area contributed by atoms with Crippen LogP contribution >= 0.6 is 0 Å². The largest absolute Gasteiger partial charge is 0.480 e. The number of likely N-dealkylation sites (N-methyl/N-ethyl adjacent to an activating group) is 1. The van der Waals surface area contributed by atoms with Crippen molar-refractivity contribution in [2.45, 2.75) is 71.4 Å². The van der Waals surface area contributed by atoms with Gasteiger partial charge in [0.1, 0.15) is 29.4 Å². The summed E-state index contributed by atoms with van der Waals surface area (Å²) in [6, 6.07) is 5.20. The number of aromatic nitrogens is 3. The van der Waals surface area contributed by atoms with Gasteiger partial charge in [-0.15, -0.1) is 0 Å². The molecule has 1 saturated heterocycles. The van der Waals surface area contributed by atoms with Gasteiger partial charge in [0.25, 0.3) is 0 Å². The highest BCUT2D eigenvalue weighted by molar-refractivity contribution is 5.93. The van der Waals surface area contributed by atoms with E-state index in [4.69, 9.17) is 14.2 Å². The van der Waals surface area contributed by atoms with E-state index in [1.807, 2.05) is 25.5 Å².